The number of hydrogen-bond acceptors (Lipinski definition) is 6. The number of carboxylic acid groups (broad SMARTS) is 2. The van der Waals surface area contributed by atoms with Gasteiger partial charge in [-0.2, -0.15) is 0 Å². The standard InChI is InChI=1S/C11H6O7S/c12-6-4-8(18-11(15)16)19-9-5(6)2-1-3-7(9)17-10(13)14/h1-4H,(H,13,14)(H,15,16). The number of benzene rings is 1. The number of carbonyl (C=O) groups is 2. The van der Waals surface area contributed by atoms with Crippen molar-refractivity contribution in [1.82, 2.24) is 0 Å². The minimum atomic E-state index is -1.56. The highest BCUT2D eigenvalue weighted by Crippen LogP contribution is 2.32. The lowest BCUT2D eigenvalue weighted by atomic mass is 10.2. The third-order valence-corrected chi connectivity index (χ3v) is 3.11. The Hall–Kier alpha value is -2.61. The molecule has 0 radical (unpaired) electrons. The molecule has 2 rings (SSSR count). The van der Waals surface area contributed by atoms with Gasteiger partial charge in [0, 0.05) is 11.5 Å². The first kappa shape index (κ1) is 12.8. The molecule has 0 amide bonds. The maximum atomic E-state index is 11.7. The molecule has 0 saturated carbocycles. The average molecular weight is 282 g/mol. The number of hydrogen-bond donors (Lipinski definition) is 2. The van der Waals surface area contributed by atoms with Crippen molar-refractivity contribution in [1.29, 1.82) is 0 Å². The van der Waals surface area contributed by atoms with Crippen molar-refractivity contribution in [2.24, 2.45) is 0 Å². The lowest BCUT2D eigenvalue weighted by molar-refractivity contribution is 0.143. The lowest BCUT2D eigenvalue weighted by Crippen LogP contribution is -2.07. The normalized spacial score (nSPS) is 10.1. The van der Waals surface area contributed by atoms with Gasteiger partial charge in [0.05, 0.1) is 4.70 Å². The van der Waals surface area contributed by atoms with Gasteiger partial charge in [-0.3, -0.25) is 4.79 Å². The van der Waals surface area contributed by atoms with E-state index in [0.29, 0.717) is 0 Å². The van der Waals surface area contributed by atoms with Crippen LogP contribution in [0.15, 0.2) is 29.1 Å². The molecular formula is C11H6O7S. The molecule has 0 spiro atoms. The maximum absolute atomic E-state index is 11.7. The second-order valence-electron chi connectivity index (χ2n) is 3.30. The molecule has 2 aromatic rings. The predicted molar refractivity (Wildman–Crippen MR) is 65.4 cm³/mol. The molecule has 0 aliphatic rings. The SMILES string of the molecule is O=C(O)Oc1cc(=O)c2cccc(OC(=O)O)c2s1. The van der Waals surface area contributed by atoms with Crippen molar-refractivity contribution in [3.63, 3.8) is 0 Å². The Labute approximate surface area is 109 Å². The maximum Gasteiger partial charge on any atom is 0.512 e. The van der Waals surface area contributed by atoms with Gasteiger partial charge in [-0.15, -0.1) is 0 Å². The third kappa shape index (κ3) is 2.80. The molecule has 8 heteroatoms. The van der Waals surface area contributed by atoms with Crippen LogP contribution in [-0.4, -0.2) is 22.5 Å². The molecule has 0 saturated heterocycles. The summed E-state index contributed by atoms with van der Waals surface area (Å²) in [5.41, 5.74) is -0.485. The van der Waals surface area contributed by atoms with Crippen LogP contribution < -0.4 is 14.9 Å². The molecule has 2 N–H and O–H groups in total. The summed E-state index contributed by atoms with van der Waals surface area (Å²) < 4.78 is 9.13. The third-order valence-electron chi connectivity index (χ3n) is 2.08. The van der Waals surface area contributed by atoms with Crippen LogP contribution in [0.2, 0.25) is 0 Å². The Morgan fingerprint density at radius 2 is 1.79 bits per heavy atom. The fourth-order valence-corrected chi connectivity index (χ4v) is 2.41. The van der Waals surface area contributed by atoms with Gasteiger partial charge in [0.25, 0.3) is 0 Å². The topological polar surface area (TPSA) is 110 Å². The summed E-state index contributed by atoms with van der Waals surface area (Å²) in [6, 6.07) is 5.32. The van der Waals surface area contributed by atoms with E-state index in [0.717, 1.165) is 17.4 Å². The molecule has 98 valence electrons. The van der Waals surface area contributed by atoms with Crippen LogP contribution in [0.3, 0.4) is 0 Å². The van der Waals surface area contributed by atoms with E-state index in [1.807, 2.05) is 0 Å². The molecule has 0 fully saturated rings. The van der Waals surface area contributed by atoms with Crippen LogP contribution in [0.1, 0.15) is 0 Å². The Bertz CT molecular complexity index is 719. The first-order valence-electron chi connectivity index (χ1n) is 4.86. The predicted octanol–water partition coefficient (Wildman–Crippen LogP) is 2.38. The Kier molecular flexibility index (Phi) is 3.34. The summed E-state index contributed by atoms with van der Waals surface area (Å²) in [5.74, 6) is -0.0528. The van der Waals surface area contributed by atoms with Crippen molar-refractivity contribution in [3.05, 3.63) is 34.5 Å². The summed E-state index contributed by atoms with van der Waals surface area (Å²) in [4.78, 5) is 32.7. The molecule has 1 aromatic carbocycles. The second kappa shape index (κ2) is 4.94. The molecule has 0 aliphatic heterocycles. The van der Waals surface area contributed by atoms with Crippen LogP contribution in [0.5, 0.6) is 10.8 Å². The summed E-state index contributed by atoms with van der Waals surface area (Å²) in [6.07, 6.45) is -3.09. The van der Waals surface area contributed by atoms with Crippen molar-refractivity contribution in [2.45, 2.75) is 0 Å². The van der Waals surface area contributed by atoms with Gasteiger partial charge in [0.2, 0.25) is 0 Å². The van der Waals surface area contributed by atoms with Gasteiger partial charge in [-0.25, -0.2) is 9.59 Å². The van der Waals surface area contributed by atoms with Gasteiger partial charge in [0.15, 0.2) is 16.2 Å². The Morgan fingerprint density at radius 3 is 2.42 bits per heavy atom. The van der Waals surface area contributed by atoms with Crippen LogP contribution in [0.4, 0.5) is 9.59 Å². The van der Waals surface area contributed by atoms with E-state index < -0.39 is 17.7 Å². The molecule has 7 nitrogen and oxygen atoms in total. The lowest BCUT2D eigenvalue weighted by Gasteiger charge is -2.05. The summed E-state index contributed by atoms with van der Waals surface area (Å²) in [7, 11) is 0. The molecule has 19 heavy (non-hydrogen) atoms. The van der Waals surface area contributed by atoms with Crippen LogP contribution >= 0.6 is 11.3 Å². The van der Waals surface area contributed by atoms with Gasteiger partial charge in [-0.05, 0) is 12.1 Å². The fraction of sp³-hybridized carbons (Fsp3) is 0. The molecule has 1 aromatic heterocycles. The smallest absolute Gasteiger partial charge is 0.449 e. The molecule has 0 bridgehead atoms. The highest BCUT2D eigenvalue weighted by molar-refractivity contribution is 7.20. The largest absolute Gasteiger partial charge is 0.512 e. The first-order valence-corrected chi connectivity index (χ1v) is 5.67. The zero-order valence-corrected chi connectivity index (χ0v) is 9.97. The quantitative estimate of drug-likeness (QED) is 0.642. The highest BCUT2D eigenvalue weighted by atomic mass is 32.1. The van der Waals surface area contributed by atoms with E-state index >= 15 is 0 Å². The van der Waals surface area contributed by atoms with Crippen LogP contribution in [0.25, 0.3) is 10.1 Å². The second-order valence-corrected chi connectivity index (χ2v) is 4.31. The first-order chi connectivity index (χ1) is 8.97. The zero-order valence-electron chi connectivity index (χ0n) is 9.15. The van der Waals surface area contributed by atoms with E-state index in [1.54, 1.807) is 0 Å². The highest BCUT2D eigenvalue weighted by Gasteiger charge is 2.12. The zero-order chi connectivity index (χ0) is 14.0. The summed E-state index contributed by atoms with van der Waals surface area (Å²) in [5, 5.41) is 17.2. The summed E-state index contributed by atoms with van der Waals surface area (Å²) in [6.45, 7) is 0. The van der Waals surface area contributed by atoms with E-state index in [9.17, 15) is 14.4 Å². The van der Waals surface area contributed by atoms with Gasteiger partial charge in [0.1, 0.15) is 0 Å². The van der Waals surface area contributed by atoms with Gasteiger partial charge >= 0.3 is 12.3 Å². The summed E-state index contributed by atoms with van der Waals surface area (Å²) >= 11 is 0.807. The van der Waals surface area contributed by atoms with Gasteiger partial charge in [-0.1, -0.05) is 17.4 Å². The van der Waals surface area contributed by atoms with Gasteiger partial charge < -0.3 is 19.7 Å². The molecular weight excluding hydrogens is 276 g/mol. The Balaban J connectivity index is 2.65. The van der Waals surface area contributed by atoms with Crippen molar-refractivity contribution in [3.8, 4) is 10.8 Å². The molecule has 0 atom stereocenters. The number of rotatable bonds is 2. The number of ether oxygens (including phenoxy) is 2. The minimum Gasteiger partial charge on any atom is -0.449 e. The van der Waals surface area contributed by atoms with Crippen molar-refractivity contribution < 1.29 is 29.3 Å². The van der Waals surface area contributed by atoms with Crippen LogP contribution in [-0.2, 0) is 0 Å². The minimum absolute atomic E-state index is 0.0528. The van der Waals surface area contributed by atoms with Crippen molar-refractivity contribution >= 4 is 33.7 Å². The van der Waals surface area contributed by atoms with E-state index in [-0.39, 0.29) is 20.9 Å². The molecule has 0 aliphatic carbocycles. The fourth-order valence-electron chi connectivity index (χ4n) is 1.44. The van der Waals surface area contributed by atoms with E-state index in [1.165, 1.54) is 18.2 Å². The molecule has 0 unspecified atom stereocenters. The Morgan fingerprint density at radius 1 is 1.11 bits per heavy atom. The number of fused-ring (bicyclic) bond motifs is 1. The van der Waals surface area contributed by atoms with Crippen LogP contribution in [0, 0.1) is 0 Å². The monoisotopic (exact) mass is 282 g/mol. The molecule has 1 heterocycles. The van der Waals surface area contributed by atoms with Crippen molar-refractivity contribution in [2.75, 3.05) is 0 Å². The average Bonchev–Trinajstić information content (AvgIpc) is 2.28. The van der Waals surface area contributed by atoms with E-state index in [2.05, 4.69) is 9.47 Å². The van der Waals surface area contributed by atoms with E-state index in [4.69, 9.17) is 10.2 Å².